The summed E-state index contributed by atoms with van der Waals surface area (Å²) in [6.45, 7) is 0. The Morgan fingerprint density at radius 2 is 1.20 bits per heavy atom. The quantitative estimate of drug-likeness (QED) is 0.528. The zero-order chi connectivity index (χ0) is 12.5. The minimum absolute atomic E-state index is 1.84. The topological polar surface area (TPSA) is 35.5 Å². The van der Waals surface area contributed by atoms with Gasteiger partial charge in [0.2, 0.25) is 0 Å². The van der Waals surface area contributed by atoms with Gasteiger partial charge in [-0.2, -0.15) is 30.7 Å². The second-order valence-corrected chi connectivity index (χ2v) is 2.02. The fraction of sp³-hybridized carbons (Fsp3) is 0.750. The van der Waals surface area contributed by atoms with Crippen molar-refractivity contribution in [2.24, 2.45) is 0 Å². The van der Waals surface area contributed by atoms with Crippen LogP contribution in [0, 0.1) is 0 Å². The molecule has 0 unspecified atom stereocenters. The molecule has 0 aliphatic carbocycles. The van der Waals surface area contributed by atoms with Crippen molar-refractivity contribution in [3.05, 3.63) is 0 Å². The van der Waals surface area contributed by atoms with Crippen LogP contribution >= 0.6 is 0 Å². The van der Waals surface area contributed by atoms with E-state index in [1.807, 2.05) is 4.94 Å². The number of hydrogen-bond acceptors (Lipinski definition) is 3. The smallest absolute Gasteiger partial charge is 0.377 e. The first-order chi connectivity index (χ1) is 6.45. The molecule has 0 aliphatic rings. The van der Waals surface area contributed by atoms with Gasteiger partial charge >= 0.3 is 24.4 Å². The van der Waals surface area contributed by atoms with Crippen LogP contribution < -0.4 is 0 Å². The molecule has 0 atom stereocenters. The molecule has 0 aromatic rings. The molecule has 0 amide bonds. The van der Waals surface area contributed by atoms with Gasteiger partial charge in [0.1, 0.15) is 0 Å². The SMILES string of the molecule is O=C(OF)OC(F)(C(F)(F)F)C(F)(F)F. The Kier molecular flexibility index (Phi) is 3.38. The van der Waals surface area contributed by atoms with Crippen LogP contribution in [0.5, 0.6) is 0 Å². The summed E-state index contributed by atoms with van der Waals surface area (Å²) in [5.74, 6) is -6.32. The Bertz CT molecular complexity index is 227. The van der Waals surface area contributed by atoms with E-state index in [9.17, 15) is 40.1 Å². The lowest BCUT2D eigenvalue weighted by molar-refractivity contribution is -0.419. The van der Waals surface area contributed by atoms with Crippen molar-refractivity contribution in [1.29, 1.82) is 0 Å². The molecule has 0 saturated carbocycles. The minimum atomic E-state index is -6.61. The molecular formula is C4F8O3. The number of rotatable bonds is 1. The van der Waals surface area contributed by atoms with E-state index in [1.165, 1.54) is 0 Å². The molecule has 0 saturated heterocycles. The van der Waals surface area contributed by atoms with E-state index in [0.717, 1.165) is 0 Å². The minimum Gasteiger partial charge on any atom is -0.377 e. The van der Waals surface area contributed by atoms with Gasteiger partial charge in [-0.05, 0) is 0 Å². The van der Waals surface area contributed by atoms with Crippen molar-refractivity contribution in [2.75, 3.05) is 0 Å². The molecular weight excluding hydrogens is 248 g/mol. The van der Waals surface area contributed by atoms with Crippen LogP contribution in [-0.4, -0.2) is 24.4 Å². The number of halogens is 8. The normalized spacial score (nSPS) is 13.6. The van der Waals surface area contributed by atoms with Crippen LogP contribution in [0.4, 0.5) is 40.1 Å². The van der Waals surface area contributed by atoms with E-state index in [0.29, 0.717) is 0 Å². The van der Waals surface area contributed by atoms with Crippen molar-refractivity contribution < 1.29 is 49.7 Å². The molecule has 11 heteroatoms. The molecule has 0 spiro atoms. The maximum atomic E-state index is 12.3. The third-order valence-electron chi connectivity index (χ3n) is 1.02. The molecule has 0 bridgehead atoms. The summed E-state index contributed by atoms with van der Waals surface area (Å²) in [6.07, 6.45) is -16.3. The van der Waals surface area contributed by atoms with Crippen LogP contribution in [0.25, 0.3) is 0 Å². The number of alkyl halides is 7. The predicted molar refractivity (Wildman–Crippen MR) is 24.6 cm³/mol. The predicted octanol–water partition coefficient (Wildman–Crippen LogP) is 2.81. The van der Waals surface area contributed by atoms with E-state index in [-0.39, 0.29) is 0 Å². The summed E-state index contributed by atoms with van der Waals surface area (Å²) in [4.78, 5) is 11.5. The first-order valence-corrected chi connectivity index (χ1v) is 2.79. The van der Waals surface area contributed by atoms with Gasteiger partial charge in [-0.1, -0.05) is 0 Å². The third-order valence-corrected chi connectivity index (χ3v) is 1.02. The molecule has 0 heterocycles. The summed E-state index contributed by atoms with van der Waals surface area (Å²) in [5, 5.41) is 0. The Morgan fingerprint density at radius 3 is 1.40 bits per heavy atom. The molecule has 15 heavy (non-hydrogen) atoms. The number of ether oxygens (including phenoxy) is 1. The average Bonchev–Trinajstić information content (AvgIpc) is 1.99. The molecule has 0 rings (SSSR count). The van der Waals surface area contributed by atoms with Gasteiger partial charge in [0, 0.05) is 4.53 Å². The first-order valence-electron chi connectivity index (χ1n) is 2.79. The van der Waals surface area contributed by atoms with Gasteiger partial charge in [0.05, 0.1) is 0 Å². The van der Waals surface area contributed by atoms with Gasteiger partial charge in [-0.3, -0.25) is 0 Å². The fourth-order valence-corrected chi connectivity index (χ4v) is 0.407. The summed E-state index contributed by atoms with van der Waals surface area (Å²) in [7, 11) is 0. The van der Waals surface area contributed by atoms with Crippen molar-refractivity contribution >= 4 is 6.16 Å². The first kappa shape index (κ1) is 13.7. The summed E-state index contributed by atoms with van der Waals surface area (Å²) >= 11 is 0. The average molecular weight is 248 g/mol. The lowest BCUT2D eigenvalue weighted by Gasteiger charge is -2.27. The van der Waals surface area contributed by atoms with E-state index >= 15 is 0 Å². The summed E-state index contributed by atoms with van der Waals surface area (Å²) in [5.41, 5.74) is 0. The molecule has 0 aromatic heterocycles. The van der Waals surface area contributed by atoms with Gasteiger partial charge in [-0.25, -0.2) is 9.74 Å². The van der Waals surface area contributed by atoms with Crippen molar-refractivity contribution in [3.63, 3.8) is 0 Å². The highest BCUT2D eigenvalue weighted by molar-refractivity contribution is 5.59. The van der Waals surface area contributed by atoms with Crippen LogP contribution in [-0.2, 0) is 9.68 Å². The lowest BCUT2D eigenvalue weighted by atomic mass is 10.3. The van der Waals surface area contributed by atoms with Crippen LogP contribution in [0.3, 0.4) is 0 Å². The molecule has 0 aliphatic heterocycles. The Labute approximate surface area is 75.4 Å². The maximum absolute atomic E-state index is 12.3. The molecule has 0 fully saturated rings. The summed E-state index contributed by atoms with van der Waals surface area (Å²) in [6, 6.07) is 0. The second kappa shape index (κ2) is 3.70. The number of hydrogen-bond donors (Lipinski definition) is 0. The highest BCUT2D eigenvalue weighted by Gasteiger charge is 2.77. The van der Waals surface area contributed by atoms with E-state index in [2.05, 4.69) is 4.74 Å². The Balaban J connectivity index is 5.15. The molecule has 0 aromatic carbocycles. The zero-order valence-electron chi connectivity index (χ0n) is 6.25. The fourth-order valence-electron chi connectivity index (χ4n) is 0.407. The van der Waals surface area contributed by atoms with E-state index in [4.69, 9.17) is 0 Å². The molecule has 0 radical (unpaired) electrons. The highest BCUT2D eigenvalue weighted by atomic mass is 19.4. The standard InChI is InChI=1S/C4F8O3/c5-2(3(6,7)8,4(9,10)11)14-1(13)15-12. The molecule has 0 N–H and O–H groups in total. The van der Waals surface area contributed by atoms with E-state index < -0.39 is 24.4 Å². The van der Waals surface area contributed by atoms with Gasteiger partial charge < -0.3 is 4.74 Å². The monoisotopic (exact) mass is 248 g/mol. The number of carbonyl (C=O) groups excluding carboxylic acids is 1. The zero-order valence-corrected chi connectivity index (χ0v) is 6.25. The van der Waals surface area contributed by atoms with Crippen molar-refractivity contribution in [2.45, 2.75) is 18.2 Å². The van der Waals surface area contributed by atoms with Gasteiger partial charge in [-0.15, -0.1) is 0 Å². The number of carbonyl (C=O) groups is 1. The van der Waals surface area contributed by atoms with Crippen LogP contribution in [0.2, 0.25) is 0 Å². The Morgan fingerprint density at radius 1 is 0.867 bits per heavy atom. The van der Waals surface area contributed by atoms with Crippen molar-refractivity contribution in [1.82, 2.24) is 0 Å². The molecule has 3 nitrogen and oxygen atoms in total. The van der Waals surface area contributed by atoms with Gasteiger partial charge in [0.25, 0.3) is 0 Å². The third kappa shape index (κ3) is 2.59. The van der Waals surface area contributed by atoms with Gasteiger partial charge in [0.15, 0.2) is 0 Å². The molecule has 90 valence electrons. The highest BCUT2D eigenvalue weighted by Crippen LogP contribution is 2.47. The largest absolute Gasteiger partial charge is 0.548 e. The van der Waals surface area contributed by atoms with E-state index in [1.54, 1.807) is 0 Å². The maximum Gasteiger partial charge on any atom is 0.548 e. The summed E-state index contributed by atoms with van der Waals surface area (Å²) < 4.78 is 94.6. The van der Waals surface area contributed by atoms with Crippen LogP contribution in [0.1, 0.15) is 0 Å². The Hall–Kier alpha value is -1.29. The lowest BCUT2D eigenvalue weighted by Crippen LogP contribution is -2.56. The van der Waals surface area contributed by atoms with Crippen LogP contribution in [0.15, 0.2) is 0 Å². The van der Waals surface area contributed by atoms with Crippen molar-refractivity contribution in [3.8, 4) is 0 Å². The second-order valence-electron chi connectivity index (χ2n) is 2.02.